The van der Waals surface area contributed by atoms with Crippen LogP contribution in [0.2, 0.25) is 0 Å². The zero-order valence-corrected chi connectivity index (χ0v) is 8.21. The summed E-state index contributed by atoms with van der Waals surface area (Å²) in [6.45, 7) is 1.89. The molecule has 2 aliphatic rings. The highest BCUT2D eigenvalue weighted by atomic mass is 16.1. The Kier molecular flexibility index (Phi) is 2.20. The Balaban J connectivity index is 2.41. The molecule has 1 atom stereocenters. The van der Waals surface area contributed by atoms with Crippen LogP contribution in [0, 0.1) is 17.2 Å². The fourth-order valence-electron chi connectivity index (χ4n) is 2.26. The van der Waals surface area contributed by atoms with Crippen LogP contribution in [0.1, 0.15) is 32.6 Å². The van der Waals surface area contributed by atoms with Crippen LogP contribution in [0.15, 0.2) is 16.1 Å². The second kappa shape index (κ2) is 3.38. The molecule has 1 fully saturated rings. The Bertz CT molecular complexity index is 385. The minimum absolute atomic E-state index is 0.264. The van der Waals surface area contributed by atoms with Gasteiger partial charge in [-0.15, -0.1) is 0 Å². The highest BCUT2D eigenvalue weighted by Crippen LogP contribution is 2.32. The van der Waals surface area contributed by atoms with Crippen LogP contribution in [-0.2, 0) is 4.79 Å². The summed E-state index contributed by atoms with van der Waals surface area (Å²) >= 11 is 0. The first kappa shape index (κ1) is 9.14. The lowest BCUT2D eigenvalue weighted by Gasteiger charge is -2.27. The average molecular weight is 188 g/mol. The standard InChI is InChI=1S/C11H12N2O/c1-7-8-4-2-3-5-10(8)13-11(14)9(7)6-12/h8H,2-5H2,1H3. The van der Waals surface area contributed by atoms with Crippen molar-refractivity contribution in [1.29, 1.82) is 5.26 Å². The number of nitrogens with zero attached hydrogens (tertiary/aromatic N) is 2. The summed E-state index contributed by atoms with van der Waals surface area (Å²) in [5.41, 5.74) is 2.20. The highest BCUT2D eigenvalue weighted by molar-refractivity contribution is 6.11. The van der Waals surface area contributed by atoms with E-state index in [-0.39, 0.29) is 17.4 Å². The molecule has 0 bridgehead atoms. The van der Waals surface area contributed by atoms with Crippen molar-refractivity contribution in [2.75, 3.05) is 0 Å². The van der Waals surface area contributed by atoms with Gasteiger partial charge in [-0.25, -0.2) is 4.99 Å². The predicted molar refractivity (Wildman–Crippen MR) is 52.7 cm³/mol. The number of carbonyl (C=O) groups is 1. The maximum absolute atomic E-state index is 11.4. The van der Waals surface area contributed by atoms with Gasteiger partial charge >= 0.3 is 0 Å². The smallest absolute Gasteiger partial charge is 0.266 e. The van der Waals surface area contributed by atoms with Gasteiger partial charge in [0.1, 0.15) is 11.6 Å². The monoisotopic (exact) mass is 188 g/mol. The van der Waals surface area contributed by atoms with E-state index in [0.29, 0.717) is 0 Å². The van der Waals surface area contributed by atoms with Crippen molar-refractivity contribution in [3.63, 3.8) is 0 Å². The van der Waals surface area contributed by atoms with Crippen LogP contribution in [0.25, 0.3) is 0 Å². The molecular formula is C11H12N2O. The molecule has 3 heteroatoms. The summed E-state index contributed by atoms with van der Waals surface area (Å²) in [5, 5.41) is 8.82. The number of fused-ring (bicyclic) bond motifs is 1. The molecule has 14 heavy (non-hydrogen) atoms. The molecule has 1 amide bonds. The molecule has 3 nitrogen and oxygen atoms in total. The van der Waals surface area contributed by atoms with Gasteiger partial charge in [-0.2, -0.15) is 5.26 Å². The highest BCUT2D eigenvalue weighted by Gasteiger charge is 2.30. The van der Waals surface area contributed by atoms with Crippen LogP contribution in [0.3, 0.4) is 0 Å². The molecule has 1 saturated carbocycles. The molecule has 1 unspecified atom stereocenters. The summed E-state index contributed by atoms with van der Waals surface area (Å²) in [5.74, 6) is -0.0609. The number of carbonyl (C=O) groups excluding carboxylic acids is 1. The molecule has 0 spiro atoms. The number of amides is 1. The van der Waals surface area contributed by atoms with Gasteiger partial charge in [0.2, 0.25) is 0 Å². The van der Waals surface area contributed by atoms with E-state index < -0.39 is 0 Å². The zero-order chi connectivity index (χ0) is 10.1. The molecule has 0 radical (unpaired) electrons. The first-order valence-electron chi connectivity index (χ1n) is 4.96. The third-order valence-electron chi connectivity index (χ3n) is 3.07. The van der Waals surface area contributed by atoms with E-state index >= 15 is 0 Å². The summed E-state index contributed by atoms with van der Waals surface area (Å²) in [7, 11) is 0. The van der Waals surface area contributed by atoms with Crippen molar-refractivity contribution in [2.45, 2.75) is 32.6 Å². The molecule has 1 aliphatic heterocycles. The Morgan fingerprint density at radius 3 is 3.00 bits per heavy atom. The van der Waals surface area contributed by atoms with E-state index in [2.05, 4.69) is 4.99 Å². The second-order valence-electron chi connectivity index (χ2n) is 3.88. The fourth-order valence-corrected chi connectivity index (χ4v) is 2.26. The lowest BCUT2D eigenvalue weighted by Crippen LogP contribution is -2.27. The van der Waals surface area contributed by atoms with Gasteiger partial charge in [0.05, 0.1) is 0 Å². The van der Waals surface area contributed by atoms with Crippen molar-refractivity contribution in [1.82, 2.24) is 0 Å². The maximum atomic E-state index is 11.4. The van der Waals surface area contributed by atoms with Gasteiger partial charge in [0, 0.05) is 11.6 Å². The summed E-state index contributed by atoms with van der Waals surface area (Å²) < 4.78 is 0. The molecule has 1 aliphatic carbocycles. The Morgan fingerprint density at radius 2 is 2.29 bits per heavy atom. The van der Waals surface area contributed by atoms with Crippen LogP contribution in [-0.4, -0.2) is 11.6 Å². The predicted octanol–water partition coefficient (Wildman–Crippen LogP) is 2.00. The van der Waals surface area contributed by atoms with E-state index in [4.69, 9.17) is 5.26 Å². The number of nitriles is 1. The number of dihydropyridines is 1. The minimum atomic E-state index is -0.335. The van der Waals surface area contributed by atoms with Crippen LogP contribution >= 0.6 is 0 Å². The van der Waals surface area contributed by atoms with Gasteiger partial charge in [-0.1, -0.05) is 6.42 Å². The molecule has 0 aromatic carbocycles. The number of aliphatic imine (C=N–C) groups is 1. The molecule has 72 valence electrons. The lowest BCUT2D eigenvalue weighted by atomic mass is 9.79. The van der Waals surface area contributed by atoms with E-state index in [1.54, 1.807) is 0 Å². The third kappa shape index (κ3) is 1.27. The quantitative estimate of drug-likeness (QED) is 0.583. The first-order valence-corrected chi connectivity index (χ1v) is 4.96. The van der Waals surface area contributed by atoms with Gasteiger partial charge in [0.15, 0.2) is 0 Å². The van der Waals surface area contributed by atoms with E-state index in [0.717, 1.165) is 30.5 Å². The Labute approximate surface area is 83.1 Å². The Morgan fingerprint density at radius 1 is 1.50 bits per heavy atom. The van der Waals surface area contributed by atoms with Crippen molar-refractivity contribution in [2.24, 2.45) is 10.9 Å². The van der Waals surface area contributed by atoms with Gasteiger partial charge in [-0.05, 0) is 31.8 Å². The van der Waals surface area contributed by atoms with Crippen molar-refractivity contribution in [3.8, 4) is 6.07 Å². The number of hydrogen-bond acceptors (Lipinski definition) is 2. The fraction of sp³-hybridized carbons (Fsp3) is 0.545. The number of allylic oxidation sites excluding steroid dienone is 1. The average Bonchev–Trinajstić information content (AvgIpc) is 2.18. The van der Waals surface area contributed by atoms with Gasteiger partial charge in [0.25, 0.3) is 5.91 Å². The third-order valence-corrected chi connectivity index (χ3v) is 3.07. The lowest BCUT2D eigenvalue weighted by molar-refractivity contribution is -0.114. The SMILES string of the molecule is CC1=C(C#N)C(=O)N=C2CCCCC21. The summed E-state index contributed by atoms with van der Waals surface area (Å²) in [4.78, 5) is 15.4. The topological polar surface area (TPSA) is 53.2 Å². The first-order chi connectivity index (χ1) is 6.74. The van der Waals surface area contributed by atoms with Crippen molar-refractivity contribution < 1.29 is 4.79 Å². The number of hydrogen-bond donors (Lipinski definition) is 0. The second-order valence-corrected chi connectivity index (χ2v) is 3.88. The van der Waals surface area contributed by atoms with Crippen molar-refractivity contribution >= 4 is 11.6 Å². The zero-order valence-electron chi connectivity index (χ0n) is 8.21. The Hall–Kier alpha value is -1.43. The van der Waals surface area contributed by atoms with Gasteiger partial charge in [-0.3, -0.25) is 4.79 Å². The molecule has 1 heterocycles. The molecule has 2 rings (SSSR count). The normalized spacial score (nSPS) is 26.7. The molecule has 0 N–H and O–H groups in total. The maximum Gasteiger partial charge on any atom is 0.287 e. The number of rotatable bonds is 0. The molecule has 0 aromatic heterocycles. The summed E-state index contributed by atoms with van der Waals surface area (Å²) in [6.07, 6.45) is 4.27. The minimum Gasteiger partial charge on any atom is -0.266 e. The van der Waals surface area contributed by atoms with E-state index in [1.807, 2.05) is 13.0 Å². The van der Waals surface area contributed by atoms with Crippen LogP contribution in [0.5, 0.6) is 0 Å². The largest absolute Gasteiger partial charge is 0.287 e. The van der Waals surface area contributed by atoms with Crippen LogP contribution < -0.4 is 0 Å². The molecule has 0 saturated heterocycles. The van der Waals surface area contributed by atoms with Crippen molar-refractivity contribution in [3.05, 3.63) is 11.1 Å². The van der Waals surface area contributed by atoms with Crippen LogP contribution in [0.4, 0.5) is 0 Å². The van der Waals surface area contributed by atoms with Gasteiger partial charge < -0.3 is 0 Å². The molecule has 0 aromatic rings. The summed E-state index contributed by atoms with van der Waals surface area (Å²) in [6, 6.07) is 1.96. The van der Waals surface area contributed by atoms with E-state index in [1.165, 1.54) is 6.42 Å². The molecular weight excluding hydrogens is 176 g/mol. The van der Waals surface area contributed by atoms with E-state index in [9.17, 15) is 4.79 Å².